The molecule has 0 fully saturated rings. The van der Waals surface area contributed by atoms with E-state index >= 15 is 0 Å². The predicted molar refractivity (Wildman–Crippen MR) is 77.6 cm³/mol. The van der Waals surface area contributed by atoms with Gasteiger partial charge in [0.25, 0.3) is 11.4 Å². The van der Waals surface area contributed by atoms with Crippen molar-refractivity contribution in [2.75, 3.05) is 0 Å². The normalized spacial score (nSPS) is 15.4. The zero-order chi connectivity index (χ0) is 15.3. The van der Waals surface area contributed by atoms with Gasteiger partial charge in [0.05, 0.1) is 34.9 Å². The highest BCUT2D eigenvalue weighted by molar-refractivity contribution is 9.10. The van der Waals surface area contributed by atoms with E-state index in [-0.39, 0.29) is 15.8 Å². The van der Waals surface area contributed by atoms with Crippen molar-refractivity contribution in [3.8, 4) is 11.1 Å². The smallest absolute Gasteiger partial charge is 0.258 e. The quantitative estimate of drug-likeness (QED) is 0.509. The summed E-state index contributed by atoms with van der Waals surface area (Å²) in [5.74, 6) is 0. The van der Waals surface area contributed by atoms with Crippen LogP contribution >= 0.6 is 15.9 Å². The lowest BCUT2D eigenvalue weighted by Crippen LogP contribution is -1.93. The van der Waals surface area contributed by atoms with Crippen molar-refractivity contribution < 1.29 is 14.1 Å². The Morgan fingerprint density at radius 1 is 0.952 bits per heavy atom. The van der Waals surface area contributed by atoms with Crippen LogP contribution in [0.5, 0.6) is 0 Å². The molecule has 0 bridgehead atoms. The molecule has 3 rings (SSSR count). The molecule has 2 aromatic rings. The largest absolute Gasteiger partial charge is 0.284 e. The number of non-ortho nitro benzene ring substituents is 1. The number of hydrogen-bond donors (Lipinski definition) is 0. The summed E-state index contributed by atoms with van der Waals surface area (Å²) in [5, 5.41) is 21.7. The molecule has 1 aliphatic heterocycles. The second kappa shape index (κ2) is 4.71. The Bertz CT molecular complexity index is 852. The Morgan fingerprint density at radius 2 is 1.62 bits per heavy atom. The number of nitro groups is 2. The molecule has 1 heterocycles. The van der Waals surface area contributed by atoms with E-state index < -0.39 is 20.6 Å². The Balaban J connectivity index is 2.25. The molecule has 0 saturated carbocycles. The van der Waals surface area contributed by atoms with Gasteiger partial charge in [0.15, 0.2) is 0 Å². The van der Waals surface area contributed by atoms with E-state index in [0.29, 0.717) is 20.9 Å². The fraction of sp³-hybridized carbons (Fsp3) is 0. The zero-order valence-electron chi connectivity index (χ0n) is 10.1. The lowest BCUT2D eigenvalue weighted by atomic mass is 10.1. The molecular weight excluding hydrogens is 364 g/mol. The Hall–Kier alpha value is -2.13. The number of nitro benzene ring substituents is 2. The van der Waals surface area contributed by atoms with Crippen LogP contribution < -0.4 is 0 Å². The number of rotatable bonds is 2. The van der Waals surface area contributed by atoms with Crippen LogP contribution in [0.25, 0.3) is 11.1 Å². The zero-order valence-corrected chi connectivity index (χ0v) is 12.5. The summed E-state index contributed by atoms with van der Waals surface area (Å²) in [5.41, 5.74) is 0.813. The first kappa shape index (κ1) is 13.8. The lowest BCUT2D eigenvalue weighted by Gasteiger charge is -2.01. The third-order valence-corrected chi connectivity index (χ3v) is 5.22. The maximum atomic E-state index is 12.4. The molecule has 1 atom stereocenters. The van der Waals surface area contributed by atoms with Gasteiger partial charge in [-0.15, -0.1) is 0 Å². The molecule has 0 saturated heterocycles. The van der Waals surface area contributed by atoms with Crippen LogP contribution in [0.1, 0.15) is 0 Å². The first-order valence-electron chi connectivity index (χ1n) is 5.58. The van der Waals surface area contributed by atoms with E-state index in [1.165, 1.54) is 30.3 Å². The number of hydrogen-bond acceptors (Lipinski definition) is 5. The molecule has 0 spiro atoms. The van der Waals surface area contributed by atoms with Gasteiger partial charge in [0.1, 0.15) is 0 Å². The third-order valence-electron chi connectivity index (χ3n) is 3.11. The highest BCUT2D eigenvalue weighted by atomic mass is 79.9. The molecule has 1 aliphatic rings. The first-order chi connectivity index (χ1) is 9.90. The van der Waals surface area contributed by atoms with Crippen LogP contribution in [0.3, 0.4) is 0 Å². The van der Waals surface area contributed by atoms with Crippen LogP contribution in [0.15, 0.2) is 44.6 Å². The molecule has 7 nitrogen and oxygen atoms in total. The van der Waals surface area contributed by atoms with Crippen molar-refractivity contribution in [2.45, 2.75) is 9.79 Å². The van der Waals surface area contributed by atoms with Gasteiger partial charge in [-0.2, -0.15) is 0 Å². The number of nitrogens with zero attached hydrogens (tertiary/aromatic N) is 2. The minimum absolute atomic E-state index is 0.163. The minimum atomic E-state index is -1.66. The monoisotopic (exact) mass is 368 g/mol. The van der Waals surface area contributed by atoms with Crippen molar-refractivity contribution in [3.05, 3.63) is 55.0 Å². The van der Waals surface area contributed by atoms with E-state index in [1.807, 2.05) is 0 Å². The number of fused-ring (bicyclic) bond motifs is 3. The average Bonchev–Trinajstić information content (AvgIpc) is 2.70. The highest BCUT2D eigenvalue weighted by Gasteiger charge is 2.31. The van der Waals surface area contributed by atoms with Gasteiger partial charge in [-0.25, -0.2) is 4.21 Å². The van der Waals surface area contributed by atoms with Crippen LogP contribution in [-0.4, -0.2) is 14.1 Å². The van der Waals surface area contributed by atoms with Crippen molar-refractivity contribution in [2.24, 2.45) is 0 Å². The predicted octanol–water partition coefficient (Wildman–Crippen LogP) is 3.41. The Kier molecular flexibility index (Phi) is 3.10. The highest BCUT2D eigenvalue weighted by Crippen LogP contribution is 2.45. The molecule has 0 radical (unpaired) electrons. The van der Waals surface area contributed by atoms with E-state index in [9.17, 15) is 24.4 Å². The summed E-state index contributed by atoms with van der Waals surface area (Å²) in [6.45, 7) is 0. The molecule has 0 aliphatic carbocycles. The topological polar surface area (TPSA) is 103 Å². The fourth-order valence-electron chi connectivity index (χ4n) is 2.17. The van der Waals surface area contributed by atoms with Crippen molar-refractivity contribution >= 4 is 38.1 Å². The summed E-state index contributed by atoms with van der Waals surface area (Å²) in [6, 6.07) is 6.82. The second-order valence-electron chi connectivity index (χ2n) is 4.26. The molecule has 21 heavy (non-hydrogen) atoms. The second-order valence-corrected chi connectivity index (χ2v) is 6.53. The summed E-state index contributed by atoms with van der Waals surface area (Å²) in [6.07, 6.45) is 0. The van der Waals surface area contributed by atoms with E-state index in [1.54, 1.807) is 0 Å². The van der Waals surface area contributed by atoms with E-state index in [2.05, 4.69) is 15.9 Å². The van der Waals surface area contributed by atoms with Crippen LogP contribution in [0.2, 0.25) is 0 Å². The summed E-state index contributed by atoms with van der Waals surface area (Å²) in [4.78, 5) is 21.2. The van der Waals surface area contributed by atoms with Gasteiger partial charge >= 0.3 is 0 Å². The molecule has 1 unspecified atom stereocenters. The maximum absolute atomic E-state index is 12.4. The minimum Gasteiger partial charge on any atom is -0.258 e. The molecule has 0 amide bonds. The molecule has 9 heteroatoms. The van der Waals surface area contributed by atoms with Crippen molar-refractivity contribution in [1.82, 2.24) is 0 Å². The first-order valence-corrected chi connectivity index (χ1v) is 7.53. The van der Waals surface area contributed by atoms with Crippen LogP contribution in [0.4, 0.5) is 11.4 Å². The lowest BCUT2D eigenvalue weighted by molar-refractivity contribution is -0.385. The van der Waals surface area contributed by atoms with Crippen LogP contribution in [-0.2, 0) is 10.8 Å². The standard InChI is InChI=1S/C12H5BrN2O5S/c13-9-4-8-7-2-1-6(14(16)17)3-11(7)21(20)12(8)5-10(9)15(18)19/h1-5H. The van der Waals surface area contributed by atoms with E-state index in [0.717, 1.165) is 0 Å². The van der Waals surface area contributed by atoms with E-state index in [4.69, 9.17) is 0 Å². The van der Waals surface area contributed by atoms with Crippen molar-refractivity contribution in [1.29, 1.82) is 0 Å². The van der Waals surface area contributed by atoms with Crippen molar-refractivity contribution in [3.63, 3.8) is 0 Å². The molecule has 2 aromatic carbocycles. The Labute approximate surface area is 128 Å². The van der Waals surface area contributed by atoms with Gasteiger partial charge in [0.2, 0.25) is 0 Å². The summed E-state index contributed by atoms with van der Waals surface area (Å²) in [7, 11) is -1.66. The Morgan fingerprint density at radius 3 is 2.24 bits per heavy atom. The van der Waals surface area contributed by atoms with Gasteiger partial charge in [-0.05, 0) is 33.6 Å². The fourth-order valence-corrected chi connectivity index (χ4v) is 4.08. The molecule has 106 valence electrons. The SMILES string of the molecule is O=[N+]([O-])c1ccc2c(c1)S(=O)c1cc([N+](=O)[O-])c(Br)cc1-2. The number of halogens is 1. The maximum Gasteiger partial charge on any atom is 0.284 e. The summed E-state index contributed by atoms with van der Waals surface area (Å²) < 4.78 is 12.7. The van der Waals surface area contributed by atoms with Gasteiger partial charge in [0, 0.05) is 23.8 Å². The van der Waals surface area contributed by atoms with Gasteiger partial charge in [-0.3, -0.25) is 20.2 Å². The molecular formula is C12H5BrN2O5S. The average molecular weight is 369 g/mol. The van der Waals surface area contributed by atoms with Gasteiger partial charge in [-0.1, -0.05) is 0 Å². The molecule has 0 aromatic heterocycles. The van der Waals surface area contributed by atoms with Gasteiger partial charge < -0.3 is 0 Å². The van der Waals surface area contributed by atoms with Crippen LogP contribution in [0, 0.1) is 20.2 Å². The summed E-state index contributed by atoms with van der Waals surface area (Å²) >= 11 is 3.11. The number of benzene rings is 2. The molecule has 0 N–H and O–H groups in total. The third kappa shape index (κ3) is 2.05.